The molecule has 12 nitrogen and oxygen atoms in total. The lowest BCUT2D eigenvalue weighted by Gasteiger charge is -2.08. The molecule has 0 fully saturated rings. The normalized spacial score (nSPS) is 11.9. The quantitative estimate of drug-likeness (QED) is 0.0826. The van der Waals surface area contributed by atoms with Crippen molar-refractivity contribution in [1.29, 1.82) is 0 Å². The Bertz CT molecular complexity index is 3270. The molecule has 5 heterocycles. The lowest BCUT2D eigenvalue weighted by atomic mass is 10.1. The van der Waals surface area contributed by atoms with Crippen LogP contribution in [0.1, 0.15) is 5.56 Å². The zero-order valence-electron chi connectivity index (χ0n) is 29.9. The molecule has 0 aliphatic carbocycles. The topological polar surface area (TPSA) is 190 Å². The molecule has 10 aromatic rings. The van der Waals surface area contributed by atoms with E-state index in [1.54, 1.807) is 66.0 Å². The fourth-order valence-corrected chi connectivity index (χ4v) is 11.8. The van der Waals surface area contributed by atoms with Crippen LogP contribution in [0.3, 0.4) is 0 Å². The third kappa shape index (κ3) is 7.48. The summed E-state index contributed by atoms with van der Waals surface area (Å²) in [6.45, 7) is 0. The standard InChI is InChI=1S/C22H17N3O3S2.C19H13N3O3S3/c26-21-20(22-24-18-8-4-5-9-19(18)29-22)16-12-15(10-11-17(16)23-21)25-30(27,28)13-14-6-2-1-3-7-14;23-18-17(19-21-14-4-1-2-5-15(14)27-19)12-10-11(7-8-13(12)20-18)22-28(24,25)16-6-3-9-26-16/h1-12,23,25-26H,13H2;1-10,20,22-23H. The van der Waals surface area contributed by atoms with E-state index in [-0.39, 0.29) is 21.7 Å². The first kappa shape index (κ1) is 37.3. The van der Waals surface area contributed by atoms with E-state index in [0.717, 1.165) is 31.8 Å². The van der Waals surface area contributed by atoms with Crippen LogP contribution in [-0.4, -0.2) is 47.0 Å². The molecule has 0 atom stereocenters. The summed E-state index contributed by atoms with van der Waals surface area (Å²) >= 11 is 4.10. The zero-order chi connectivity index (χ0) is 40.0. The second-order valence-electron chi connectivity index (χ2n) is 13.1. The van der Waals surface area contributed by atoms with E-state index >= 15 is 0 Å². The maximum Gasteiger partial charge on any atom is 0.271 e. The minimum atomic E-state index is -3.65. The summed E-state index contributed by atoms with van der Waals surface area (Å²) in [7, 11) is -7.23. The molecule has 0 radical (unpaired) electrons. The van der Waals surface area contributed by atoms with Crippen LogP contribution in [0.2, 0.25) is 0 Å². The van der Waals surface area contributed by atoms with Crippen LogP contribution < -0.4 is 9.44 Å². The number of nitrogens with zero attached hydrogens (tertiary/aromatic N) is 2. The van der Waals surface area contributed by atoms with Crippen molar-refractivity contribution in [3.05, 3.63) is 138 Å². The van der Waals surface area contributed by atoms with Crippen molar-refractivity contribution < 1.29 is 27.0 Å². The molecule has 0 spiro atoms. The van der Waals surface area contributed by atoms with Crippen molar-refractivity contribution in [2.45, 2.75) is 9.96 Å². The highest BCUT2D eigenvalue weighted by molar-refractivity contribution is 7.94. The summed E-state index contributed by atoms with van der Waals surface area (Å²) in [5, 5.41) is 25.4. The number of benzene rings is 5. The van der Waals surface area contributed by atoms with Crippen molar-refractivity contribution in [2.75, 3.05) is 9.44 Å². The molecule has 290 valence electrons. The SMILES string of the molecule is O=S(=O)(Cc1ccccc1)Nc1ccc2[nH]c(O)c(-c3nc4ccccc4s3)c2c1.O=S(=O)(Nc1ccc2[nH]c(O)c(-c3nc4ccccc4s3)c2c1)c1cccs1. The van der Waals surface area contributed by atoms with Gasteiger partial charge < -0.3 is 20.2 Å². The second-order valence-corrected chi connectivity index (χ2v) is 19.7. The molecule has 17 heteroatoms. The minimum Gasteiger partial charge on any atom is -0.494 e. The molecule has 6 N–H and O–H groups in total. The summed E-state index contributed by atoms with van der Waals surface area (Å²) in [4.78, 5) is 15.1. The van der Waals surface area contributed by atoms with Gasteiger partial charge in [0.25, 0.3) is 10.0 Å². The average Bonchev–Trinajstić information content (AvgIpc) is 4.04. The maximum absolute atomic E-state index is 12.6. The first-order chi connectivity index (χ1) is 28.0. The van der Waals surface area contributed by atoms with Gasteiger partial charge in [0.05, 0.1) is 37.3 Å². The van der Waals surface area contributed by atoms with Gasteiger partial charge in [-0.05, 0) is 77.7 Å². The molecular weight excluding hydrogens is 833 g/mol. The van der Waals surface area contributed by atoms with Crippen molar-refractivity contribution in [2.24, 2.45) is 0 Å². The molecule has 5 aromatic heterocycles. The fraction of sp³-hybridized carbons (Fsp3) is 0.0244. The Morgan fingerprint density at radius 2 is 1.10 bits per heavy atom. The van der Waals surface area contributed by atoms with Gasteiger partial charge in [-0.3, -0.25) is 9.44 Å². The molecular formula is C41H30N6O6S5. The summed E-state index contributed by atoms with van der Waals surface area (Å²) in [6.07, 6.45) is 0. The first-order valence-corrected chi connectivity index (χ1v) is 23.2. The Morgan fingerprint density at radius 1 is 0.586 bits per heavy atom. The van der Waals surface area contributed by atoms with Crippen LogP contribution in [0.4, 0.5) is 11.4 Å². The van der Waals surface area contributed by atoms with Crippen LogP contribution in [-0.2, 0) is 25.8 Å². The van der Waals surface area contributed by atoms with E-state index in [2.05, 4.69) is 29.4 Å². The van der Waals surface area contributed by atoms with Crippen molar-refractivity contribution in [3.8, 4) is 32.9 Å². The number of hydrogen-bond donors (Lipinski definition) is 6. The molecule has 0 aliphatic rings. The van der Waals surface area contributed by atoms with Crippen LogP contribution in [0.15, 0.2) is 137 Å². The summed E-state index contributed by atoms with van der Waals surface area (Å²) in [5.41, 5.74) is 5.79. The summed E-state index contributed by atoms with van der Waals surface area (Å²) in [5.74, 6) is -0.102. The number of aromatic hydroxyl groups is 2. The van der Waals surface area contributed by atoms with E-state index in [1.165, 1.54) is 22.7 Å². The number of hydrogen-bond acceptors (Lipinski definition) is 11. The molecule has 0 amide bonds. The van der Waals surface area contributed by atoms with Gasteiger partial charge in [-0.2, -0.15) is 0 Å². The zero-order valence-corrected chi connectivity index (χ0v) is 34.0. The van der Waals surface area contributed by atoms with Gasteiger partial charge in [-0.25, -0.2) is 26.8 Å². The van der Waals surface area contributed by atoms with E-state index < -0.39 is 20.0 Å². The van der Waals surface area contributed by atoms with E-state index in [1.807, 2.05) is 66.7 Å². The number of thiophene rings is 1. The van der Waals surface area contributed by atoms with Gasteiger partial charge in [0, 0.05) is 33.2 Å². The van der Waals surface area contributed by atoms with Gasteiger partial charge in [-0.15, -0.1) is 34.0 Å². The number of nitrogens with one attached hydrogen (secondary N) is 4. The first-order valence-electron chi connectivity index (χ1n) is 17.5. The highest BCUT2D eigenvalue weighted by atomic mass is 32.2. The molecule has 10 rings (SSSR count). The monoisotopic (exact) mass is 862 g/mol. The van der Waals surface area contributed by atoms with E-state index in [0.29, 0.717) is 59.9 Å². The van der Waals surface area contributed by atoms with Gasteiger partial charge in [0.1, 0.15) is 14.2 Å². The van der Waals surface area contributed by atoms with E-state index in [4.69, 9.17) is 0 Å². The number of rotatable bonds is 9. The van der Waals surface area contributed by atoms with Crippen molar-refractivity contribution >= 4 is 108 Å². The number of H-pyrrole nitrogens is 2. The molecule has 0 saturated heterocycles. The highest BCUT2D eigenvalue weighted by Crippen LogP contribution is 2.43. The van der Waals surface area contributed by atoms with Gasteiger partial charge in [0.15, 0.2) is 11.8 Å². The van der Waals surface area contributed by atoms with Gasteiger partial charge in [-0.1, -0.05) is 60.7 Å². The Morgan fingerprint density at radius 3 is 1.62 bits per heavy atom. The predicted molar refractivity (Wildman–Crippen MR) is 235 cm³/mol. The van der Waals surface area contributed by atoms with Gasteiger partial charge in [0.2, 0.25) is 10.0 Å². The number of fused-ring (bicyclic) bond motifs is 4. The van der Waals surface area contributed by atoms with Crippen LogP contribution >= 0.6 is 34.0 Å². The Balaban J connectivity index is 0.000000151. The Labute approximate surface area is 343 Å². The summed E-state index contributed by atoms with van der Waals surface area (Å²) < 4.78 is 57.7. The molecule has 58 heavy (non-hydrogen) atoms. The smallest absolute Gasteiger partial charge is 0.271 e. The molecule has 0 unspecified atom stereocenters. The maximum atomic E-state index is 12.6. The van der Waals surface area contributed by atoms with Crippen LogP contribution in [0, 0.1) is 0 Å². The Hall–Kier alpha value is -6.24. The number of sulfonamides is 2. The largest absolute Gasteiger partial charge is 0.494 e. The number of thiazole rings is 2. The van der Waals surface area contributed by atoms with E-state index in [9.17, 15) is 27.0 Å². The molecule has 0 aliphatic heterocycles. The second kappa shape index (κ2) is 14.9. The van der Waals surface area contributed by atoms with Crippen molar-refractivity contribution in [1.82, 2.24) is 19.9 Å². The molecule has 0 bridgehead atoms. The summed E-state index contributed by atoms with van der Waals surface area (Å²) in [6, 6.07) is 38.0. The number of aromatic amines is 2. The van der Waals surface area contributed by atoms with Crippen molar-refractivity contribution in [3.63, 3.8) is 0 Å². The third-order valence-corrected chi connectivity index (χ3v) is 15.2. The number of aromatic nitrogens is 4. The number of para-hydroxylation sites is 2. The fourth-order valence-electron chi connectivity index (χ4n) is 6.50. The predicted octanol–water partition coefficient (Wildman–Crippen LogP) is 10.1. The molecule has 5 aromatic carbocycles. The lowest BCUT2D eigenvalue weighted by molar-refractivity contribution is 0.459. The third-order valence-electron chi connectivity index (χ3n) is 9.06. The lowest BCUT2D eigenvalue weighted by Crippen LogP contribution is -2.14. The minimum absolute atomic E-state index is 0.00678. The van der Waals surface area contributed by atoms with Gasteiger partial charge >= 0.3 is 0 Å². The average molecular weight is 863 g/mol. The van der Waals surface area contributed by atoms with Crippen LogP contribution in [0.5, 0.6) is 11.8 Å². The number of anilines is 2. The van der Waals surface area contributed by atoms with Crippen LogP contribution in [0.25, 0.3) is 63.4 Å². The Kier molecular flexibility index (Phi) is 9.61. The molecule has 0 saturated carbocycles. The highest BCUT2D eigenvalue weighted by Gasteiger charge is 2.21.